The quantitative estimate of drug-likeness (QED) is 0.533. The summed E-state index contributed by atoms with van der Waals surface area (Å²) in [6.45, 7) is 0. The first kappa shape index (κ1) is 10.6. The molecule has 2 aromatic heterocycles. The van der Waals surface area contributed by atoms with E-state index in [0.717, 1.165) is 11.0 Å². The Morgan fingerprint density at radius 1 is 1.16 bits per heavy atom. The second-order valence-electron chi connectivity index (χ2n) is 4.38. The highest BCUT2D eigenvalue weighted by atomic mass is 35.5. The lowest BCUT2D eigenvalue weighted by Gasteiger charge is -1.98. The number of hydrogen-bond donors (Lipinski definition) is 1. The van der Waals surface area contributed by atoms with Gasteiger partial charge < -0.3 is 4.98 Å². The predicted octanol–water partition coefficient (Wildman–Crippen LogP) is 2.98. The molecule has 2 heterocycles. The molecule has 4 rings (SSSR count). The fourth-order valence-corrected chi connectivity index (χ4v) is 2.52. The van der Waals surface area contributed by atoms with Gasteiger partial charge in [0, 0.05) is 5.02 Å². The third-order valence-corrected chi connectivity index (χ3v) is 3.46. The first-order valence-electron chi connectivity index (χ1n) is 5.83. The summed E-state index contributed by atoms with van der Waals surface area (Å²) in [5, 5.41) is 1.19. The number of benzene rings is 2. The largest absolute Gasteiger partial charge is 0.323 e. The summed E-state index contributed by atoms with van der Waals surface area (Å²) in [5.74, 6) is 0.529. The van der Waals surface area contributed by atoms with Gasteiger partial charge in [0.2, 0.25) is 5.78 Å². The number of fused-ring (bicyclic) bond motifs is 4. The molecule has 2 aromatic carbocycles. The van der Waals surface area contributed by atoms with E-state index in [9.17, 15) is 4.79 Å². The summed E-state index contributed by atoms with van der Waals surface area (Å²) in [4.78, 5) is 20.1. The van der Waals surface area contributed by atoms with Crippen molar-refractivity contribution in [2.24, 2.45) is 0 Å². The van der Waals surface area contributed by atoms with Crippen molar-refractivity contribution in [3.63, 3.8) is 0 Å². The Morgan fingerprint density at radius 2 is 2.00 bits per heavy atom. The maximum Gasteiger partial charge on any atom is 0.267 e. The zero-order valence-corrected chi connectivity index (χ0v) is 10.5. The van der Waals surface area contributed by atoms with Crippen LogP contribution in [0.25, 0.3) is 27.7 Å². The van der Waals surface area contributed by atoms with Gasteiger partial charge in [-0.25, -0.2) is 9.38 Å². The Labute approximate surface area is 112 Å². The summed E-state index contributed by atoms with van der Waals surface area (Å²) in [7, 11) is 0. The Balaban J connectivity index is 2.35. The van der Waals surface area contributed by atoms with Gasteiger partial charge in [-0.2, -0.15) is 0 Å². The smallest absolute Gasteiger partial charge is 0.267 e. The van der Waals surface area contributed by atoms with E-state index >= 15 is 0 Å². The molecule has 19 heavy (non-hydrogen) atoms. The zero-order valence-electron chi connectivity index (χ0n) is 9.72. The van der Waals surface area contributed by atoms with Crippen LogP contribution in [-0.4, -0.2) is 14.4 Å². The first-order chi connectivity index (χ1) is 9.24. The van der Waals surface area contributed by atoms with Crippen LogP contribution in [0.5, 0.6) is 0 Å². The van der Waals surface area contributed by atoms with Crippen LogP contribution in [0.4, 0.5) is 0 Å². The van der Waals surface area contributed by atoms with Crippen LogP contribution in [0.1, 0.15) is 0 Å². The third kappa shape index (κ3) is 1.40. The fraction of sp³-hybridized carbons (Fsp3) is 0. The first-order valence-corrected chi connectivity index (χ1v) is 6.20. The summed E-state index contributed by atoms with van der Waals surface area (Å²) in [6, 6.07) is 12.7. The maximum atomic E-state index is 12.5. The number of imidazole rings is 1. The van der Waals surface area contributed by atoms with Crippen LogP contribution < -0.4 is 5.56 Å². The summed E-state index contributed by atoms with van der Waals surface area (Å²) in [6.07, 6.45) is 0. The number of H-pyrrole nitrogens is 1. The number of hydrogen-bond acceptors (Lipinski definition) is 2. The molecule has 0 fully saturated rings. The highest BCUT2D eigenvalue weighted by Gasteiger charge is 2.10. The molecule has 0 atom stereocenters. The highest BCUT2D eigenvalue weighted by Crippen LogP contribution is 2.20. The van der Waals surface area contributed by atoms with E-state index in [4.69, 9.17) is 11.6 Å². The van der Waals surface area contributed by atoms with Gasteiger partial charge in [0.1, 0.15) is 0 Å². The molecule has 92 valence electrons. The Bertz CT molecular complexity index is 1000. The van der Waals surface area contributed by atoms with Crippen molar-refractivity contribution in [3.8, 4) is 0 Å². The van der Waals surface area contributed by atoms with Crippen molar-refractivity contribution in [2.45, 2.75) is 0 Å². The Hall–Kier alpha value is -2.33. The van der Waals surface area contributed by atoms with E-state index in [0.29, 0.717) is 21.7 Å². The molecule has 1 N–H and O–H groups in total. The predicted molar refractivity (Wildman–Crippen MR) is 75.8 cm³/mol. The average Bonchev–Trinajstić information content (AvgIpc) is 2.76. The molecule has 5 heteroatoms. The molecule has 0 saturated carbocycles. The van der Waals surface area contributed by atoms with Crippen LogP contribution in [-0.2, 0) is 0 Å². The van der Waals surface area contributed by atoms with Crippen molar-refractivity contribution in [3.05, 3.63) is 57.8 Å². The number of aromatic nitrogens is 3. The minimum atomic E-state index is -0.0888. The van der Waals surface area contributed by atoms with E-state index in [1.165, 1.54) is 0 Å². The van der Waals surface area contributed by atoms with Gasteiger partial charge in [-0.1, -0.05) is 23.7 Å². The molecule has 0 aliphatic rings. The van der Waals surface area contributed by atoms with Gasteiger partial charge in [-0.05, 0) is 30.3 Å². The van der Waals surface area contributed by atoms with Crippen molar-refractivity contribution in [1.29, 1.82) is 0 Å². The standard InChI is InChI=1S/C14H8ClN3O/c15-8-5-6-11-12(7-8)18-13(19)9-3-1-2-4-10(9)16-14(18)17-11/h1-7H,(H,16,17). The lowest BCUT2D eigenvalue weighted by Crippen LogP contribution is -2.13. The lowest BCUT2D eigenvalue weighted by atomic mass is 10.2. The van der Waals surface area contributed by atoms with E-state index in [2.05, 4.69) is 9.97 Å². The second-order valence-corrected chi connectivity index (χ2v) is 4.82. The Kier molecular flexibility index (Phi) is 2.00. The molecule has 4 nitrogen and oxygen atoms in total. The molecular formula is C14H8ClN3O. The second kappa shape index (κ2) is 3.59. The van der Waals surface area contributed by atoms with E-state index < -0.39 is 0 Å². The molecule has 0 aliphatic carbocycles. The molecule has 0 radical (unpaired) electrons. The number of rotatable bonds is 0. The average molecular weight is 270 g/mol. The van der Waals surface area contributed by atoms with Gasteiger partial charge in [0.25, 0.3) is 5.56 Å². The molecule has 0 bridgehead atoms. The molecule has 0 spiro atoms. The summed E-state index contributed by atoms with van der Waals surface area (Å²) < 4.78 is 1.56. The van der Waals surface area contributed by atoms with E-state index in [1.807, 2.05) is 24.3 Å². The van der Waals surface area contributed by atoms with Crippen LogP contribution in [0.3, 0.4) is 0 Å². The SMILES string of the molecule is O=c1c2ccccc2nc2[nH]c3ccc(Cl)cc3n12. The maximum absolute atomic E-state index is 12.5. The lowest BCUT2D eigenvalue weighted by molar-refractivity contribution is 1.12. The molecule has 0 saturated heterocycles. The molecule has 4 aromatic rings. The van der Waals surface area contributed by atoms with Crippen LogP contribution >= 0.6 is 11.6 Å². The third-order valence-electron chi connectivity index (χ3n) is 3.22. The monoisotopic (exact) mass is 269 g/mol. The Morgan fingerprint density at radius 3 is 2.89 bits per heavy atom. The molecule has 0 aliphatic heterocycles. The topological polar surface area (TPSA) is 50.2 Å². The zero-order chi connectivity index (χ0) is 13.0. The number of nitrogens with zero attached hydrogens (tertiary/aromatic N) is 2. The van der Waals surface area contributed by atoms with Gasteiger partial charge in [0.05, 0.1) is 21.9 Å². The van der Waals surface area contributed by atoms with Crippen molar-refractivity contribution in [2.75, 3.05) is 0 Å². The van der Waals surface area contributed by atoms with Crippen LogP contribution in [0, 0.1) is 0 Å². The fourth-order valence-electron chi connectivity index (χ4n) is 2.36. The molecular weight excluding hydrogens is 262 g/mol. The minimum absolute atomic E-state index is 0.0888. The number of halogens is 1. The number of aromatic amines is 1. The van der Waals surface area contributed by atoms with Gasteiger partial charge in [-0.3, -0.25) is 4.79 Å². The number of para-hydroxylation sites is 1. The van der Waals surface area contributed by atoms with Crippen molar-refractivity contribution < 1.29 is 0 Å². The summed E-state index contributed by atoms with van der Waals surface area (Å²) >= 11 is 6.00. The van der Waals surface area contributed by atoms with Gasteiger partial charge >= 0.3 is 0 Å². The normalized spacial score (nSPS) is 11.6. The van der Waals surface area contributed by atoms with Crippen LogP contribution in [0.15, 0.2) is 47.3 Å². The van der Waals surface area contributed by atoms with Gasteiger partial charge in [0.15, 0.2) is 0 Å². The van der Waals surface area contributed by atoms with Crippen molar-refractivity contribution >= 4 is 39.3 Å². The highest BCUT2D eigenvalue weighted by molar-refractivity contribution is 6.31. The minimum Gasteiger partial charge on any atom is -0.323 e. The van der Waals surface area contributed by atoms with Crippen LogP contribution in [0.2, 0.25) is 5.02 Å². The van der Waals surface area contributed by atoms with Crippen molar-refractivity contribution in [1.82, 2.24) is 14.4 Å². The summed E-state index contributed by atoms with van der Waals surface area (Å²) in [5.41, 5.74) is 2.18. The molecule has 0 unspecified atom stereocenters. The van der Waals surface area contributed by atoms with E-state index in [-0.39, 0.29) is 5.56 Å². The molecule has 0 amide bonds. The van der Waals surface area contributed by atoms with E-state index in [1.54, 1.807) is 22.6 Å². The van der Waals surface area contributed by atoms with Gasteiger partial charge in [-0.15, -0.1) is 0 Å². The number of nitrogens with one attached hydrogen (secondary N) is 1.